The number of rotatable bonds is 12. The summed E-state index contributed by atoms with van der Waals surface area (Å²) in [4.78, 5) is 27.8. The molecule has 0 saturated carbocycles. The first-order valence-corrected chi connectivity index (χ1v) is 13.2. The molecule has 0 heterocycles. The predicted octanol–water partition coefficient (Wildman–Crippen LogP) is 3.04. The Kier molecular flexibility index (Phi) is 9.92. The van der Waals surface area contributed by atoms with Gasteiger partial charge in [0.25, 0.3) is 0 Å². The van der Waals surface area contributed by atoms with Gasteiger partial charge in [0.15, 0.2) is 0 Å². The van der Waals surface area contributed by atoms with Gasteiger partial charge in [-0.25, -0.2) is 8.42 Å². The lowest BCUT2D eigenvalue weighted by Gasteiger charge is -2.32. The van der Waals surface area contributed by atoms with Gasteiger partial charge in [0.05, 0.1) is 18.6 Å². The number of carbonyl (C=O) groups excluding carboxylic acids is 2. The van der Waals surface area contributed by atoms with Crippen LogP contribution in [0, 0.1) is 5.92 Å². The number of sulfonamides is 1. The molecule has 0 aromatic heterocycles. The highest BCUT2D eigenvalue weighted by atomic mass is 32.2. The fourth-order valence-electron chi connectivity index (χ4n) is 3.35. The number of benzene rings is 2. The molecule has 0 aliphatic carbocycles. The number of ether oxygens (including phenoxy) is 1. The highest BCUT2D eigenvalue weighted by Gasteiger charge is 2.31. The van der Waals surface area contributed by atoms with Crippen molar-refractivity contribution in [2.24, 2.45) is 5.92 Å². The zero-order valence-electron chi connectivity index (χ0n) is 20.5. The molecule has 2 amide bonds. The average Bonchev–Trinajstić information content (AvgIpc) is 2.79. The zero-order valence-corrected chi connectivity index (χ0v) is 21.3. The summed E-state index contributed by atoms with van der Waals surface area (Å²) in [5, 5.41) is 2.86. The summed E-state index contributed by atoms with van der Waals surface area (Å²) in [6.07, 6.45) is 1.04. The van der Waals surface area contributed by atoms with Crippen molar-refractivity contribution < 1.29 is 22.7 Å². The van der Waals surface area contributed by atoms with E-state index in [4.69, 9.17) is 4.74 Å². The monoisotopic (exact) mass is 489 g/mol. The van der Waals surface area contributed by atoms with Crippen LogP contribution in [0.25, 0.3) is 0 Å². The smallest absolute Gasteiger partial charge is 0.244 e. The molecule has 2 aromatic carbocycles. The van der Waals surface area contributed by atoms with E-state index in [1.807, 2.05) is 44.2 Å². The molecule has 0 aliphatic heterocycles. The second-order valence-electron chi connectivity index (χ2n) is 8.49. The Bertz CT molecular complexity index is 1060. The summed E-state index contributed by atoms with van der Waals surface area (Å²) in [7, 11) is -3.82. The molecular weight excluding hydrogens is 454 g/mol. The summed E-state index contributed by atoms with van der Waals surface area (Å²) in [5.41, 5.74) is 1.11. The number of hydrogen-bond acceptors (Lipinski definition) is 5. The maximum atomic E-state index is 13.5. The molecule has 1 atom stereocenters. The van der Waals surface area contributed by atoms with E-state index in [9.17, 15) is 18.0 Å². The number of para-hydroxylation sites is 2. The Morgan fingerprint density at radius 3 is 2.21 bits per heavy atom. The van der Waals surface area contributed by atoms with Gasteiger partial charge < -0.3 is 15.0 Å². The van der Waals surface area contributed by atoms with Crippen molar-refractivity contribution in [1.29, 1.82) is 0 Å². The van der Waals surface area contributed by atoms with Crippen LogP contribution in [-0.2, 0) is 26.2 Å². The lowest BCUT2D eigenvalue weighted by atomic mass is 10.1. The van der Waals surface area contributed by atoms with Crippen LogP contribution in [0.15, 0.2) is 54.6 Å². The maximum Gasteiger partial charge on any atom is 0.244 e. The Morgan fingerprint density at radius 2 is 1.62 bits per heavy atom. The molecule has 34 heavy (non-hydrogen) atoms. The summed E-state index contributed by atoms with van der Waals surface area (Å²) >= 11 is 0. The Morgan fingerprint density at radius 1 is 1.00 bits per heavy atom. The van der Waals surface area contributed by atoms with Crippen LogP contribution in [0.5, 0.6) is 5.75 Å². The van der Waals surface area contributed by atoms with Gasteiger partial charge in [0, 0.05) is 13.1 Å². The van der Waals surface area contributed by atoms with Gasteiger partial charge in [-0.1, -0.05) is 56.3 Å². The summed E-state index contributed by atoms with van der Waals surface area (Å²) in [5.74, 6) is -0.169. The quantitative estimate of drug-likeness (QED) is 0.494. The van der Waals surface area contributed by atoms with Crippen molar-refractivity contribution >= 4 is 27.5 Å². The highest BCUT2D eigenvalue weighted by Crippen LogP contribution is 2.30. The minimum Gasteiger partial charge on any atom is -0.492 e. The topological polar surface area (TPSA) is 96.0 Å². The summed E-state index contributed by atoms with van der Waals surface area (Å²) < 4.78 is 32.0. The third-order valence-electron chi connectivity index (χ3n) is 5.16. The van der Waals surface area contributed by atoms with Gasteiger partial charge in [-0.3, -0.25) is 13.9 Å². The van der Waals surface area contributed by atoms with Crippen molar-refractivity contribution in [3.63, 3.8) is 0 Å². The first kappa shape index (κ1) is 27.2. The Balaban J connectivity index is 2.38. The number of nitrogens with zero attached hydrogens (tertiary/aromatic N) is 2. The second-order valence-corrected chi connectivity index (χ2v) is 10.4. The van der Waals surface area contributed by atoms with Crippen LogP contribution in [0.3, 0.4) is 0 Å². The number of nitrogens with one attached hydrogen (secondary N) is 1. The van der Waals surface area contributed by atoms with Crippen molar-refractivity contribution in [2.45, 2.75) is 40.3 Å². The Hall–Kier alpha value is -3.07. The van der Waals surface area contributed by atoms with E-state index >= 15 is 0 Å². The molecule has 2 aromatic rings. The molecule has 0 fully saturated rings. The molecule has 0 unspecified atom stereocenters. The third-order valence-corrected chi connectivity index (χ3v) is 6.29. The molecule has 0 spiro atoms. The third kappa shape index (κ3) is 7.76. The van der Waals surface area contributed by atoms with Crippen LogP contribution in [-0.4, -0.2) is 57.1 Å². The van der Waals surface area contributed by atoms with Crippen LogP contribution in [0.2, 0.25) is 0 Å². The van der Waals surface area contributed by atoms with Crippen LogP contribution < -0.4 is 14.4 Å². The van der Waals surface area contributed by atoms with E-state index in [1.165, 1.54) is 4.90 Å². The van der Waals surface area contributed by atoms with E-state index < -0.39 is 28.5 Å². The zero-order chi connectivity index (χ0) is 25.3. The van der Waals surface area contributed by atoms with Gasteiger partial charge in [0.2, 0.25) is 21.8 Å². The van der Waals surface area contributed by atoms with Crippen LogP contribution in [0.1, 0.15) is 33.3 Å². The number of carbonyl (C=O) groups is 2. The highest BCUT2D eigenvalue weighted by molar-refractivity contribution is 7.92. The molecule has 0 aliphatic rings. The van der Waals surface area contributed by atoms with E-state index in [1.54, 1.807) is 38.1 Å². The molecule has 0 saturated heterocycles. The largest absolute Gasteiger partial charge is 0.492 e. The van der Waals surface area contributed by atoms with Crippen LogP contribution >= 0.6 is 0 Å². The minimum atomic E-state index is -3.82. The van der Waals surface area contributed by atoms with Crippen molar-refractivity contribution in [3.05, 3.63) is 60.2 Å². The second kappa shape index (κ2) is 12.4. The minimum absolute atomic E-state index is 0.167. The maximum absolute atomic E-state index is 13.5. The average molecular weight is 490 g/mol. The van der Waals surface area contributed by atoms with Gasteiger partial charge in [0.1, 0.15) is 18.3 Å². The normalized spacial score (nSPS) is 12.2. The van der Waals surface area contributed by atoms with Gasteiger partial charge in [-0.05, 0) is 37.5 Å². The van der Waals surface area contributed by atoms with Crippen molar-refractivity contribution in [3.8, 4) is 5.75 Å². The first-order chi connectivity index (χ1) is 16.0. The number of amides is 2. The molecule has 2 rings (SSSR count). The molecule has 0 bridgehead atoms. The molecular formula is C25H35N3O5S. The fourth-order valence-corrected chi connectivity index (χ4v) is 4.20. The SMILES string of the molecule is CCOc1ccccc1N(CC(=O)N(Cc1ccccc1)[C@H](C)C(=O)NCC(C)C)S(C)(=O)=O. The summed E-state index contributed by atoms with van der Waals surface area (Å²) in [6.45, 7) is 7.94. The number of hydrogen-bond donors (Lipinski definition) is 1. The summed E-state index contributed by atoms with van der Waals surface area (Å²) in [6, 6.07) is 15.2. The molecule has 8 nitrogen and oxygen atoms in total. The van der Waals surface area contributed by atoms with Crippen molar-refractivity contribution in [2.75, 3.05) is 30.3 Å². The standard InChI is InChI=1S/C25H35N3O5S/c1-6-33-23-15-11-10-14-22(23)28(34(5,31)32)18-24(29)27(17-21-12-8-7-9-13-21)20(4)25(30)26-16-19(2)3/h7-15,19-20H,6,16-18H2,1-5H3,(H,26,30)/t20-/m1/s1. The Labute approximate surface area is 202 Å². The van der Waals surface area contributed by atoms with E-state index in [0.29, 0.717) is 18.9 Å². The van der Waals surface area contributed by atoms with Gasteiger partial charge >= 0.3 is 0 Å². The van der Waals surface area contributed by atoms with Gasteiger partial charge in [-0.2, -0.15) is 0 Å². The molecule has 0 radical (unpaired) electrons. The van der Waals surface area contributed by atoms with Crippen LogP contribution in [0.4, 0.5) is 5.69 Å². The lowest BCUT2D eigenvalue weighted by molar-refractivity contribution is -0.139. The fraction of sp³-hybridized carbons (Fsp3) is 0.440. The number of anilines is 1. The van der Waals surface area contributed by atoms with E-state index in [0.717, 1.165) is 16.1 Å². The first-order valence-electron chi connectivity index (χ1n) is 11.3. The predicted molar refractivity (Wildman–Crippen MR) is 134 cm³/mol. The molecule has 9 heteroatoms. The van der Waals surface area contributed by atoms with Crippen molar-refractivity contribution in [1.82, 2.24) is 10.2 Å². The molecule has 186 valence electrons. The van der Waals surface area contributed by atoms with Gasteiger partial charge in [-0.15, -0.1) is 0 Å². The van der Waals surface area contributed by atoms with E-state index in [-0.39, 0.29) is 24.1 Å². The lowest BCUT2D eigenvalue weighted by Crippen LogP contribution is -2.51. The van der Waals surface area contributed by atoms with E-state index in [2.05, 4.69) is 5.32 Å². The molecule has 1 N–H and O–H groups in total.